The van der Waals surface area contributed by atoms with E-state index < -0.39 is 9.84 Å². The molecule has 2 rings (SSSR count). The molecule has 0 aliphatic heterocycles. The number of halogens is 1. The molecular formula is C14H18ClN3O2S. The molecular weight excluding hydrogens is 310 g/mol. The molecule has 1 aromatic heterocycles. The third-order valence-corrected chi connectivity index (χ3v) is 4.40. The normalized spacial score (nSPS) is 12.0. The Morgan fingerprint density at radius 3 is 2.29 bits per heavy atom. The third kappa shape index (κ3) is 3.63. The van der Waals surface area contributed by atoms with Crippen LogP contribution in [0, 0.1) is 5.92 Å². The quantitative estimate of drug-likeness (QED) is 0.792. The Hall–Kier alpha value is -1.40. The minimum Gasteiger partial charge on any atom is -0.310 e. The summed E-state index contributed by atoms with van der Waals surface area (Å²) in [4.78, 5) is 0.291. The standard InChI is InChI=1S/C14H18ClN3O2S/c1-10(2)9-18-13(8-15)16-17-14(18)11-4-6-12(7-5-11)21(3,19)20/h4-7,10H,8-9H2,1-3H3. The van der Waals surface area contributed by atoms with E-state index in [-0.39, 0.29) is 0 Å². The van der Waals surface area contributed by atoms with Crippen molar-refractivity contribution >= 4 is 21.4 Å². The van der Waals surface area contributed by atoms with Gasteiger partial charge in [-0.1, -0.05) is 13.8 Å². The number of rotatable bonds is 5. The van der Waals surface area contributed by atoms with Crippen LogP contribution in [0.25, 0.3) is 11.4 Å². The van der Waals surface area contributed by atoms with Crippen LogP contribution in [0.4, 0.5) is 0 Å². The maximum Gasteiger partial charge on any atom is 0.175 e. The molecule has 0 aliphatic rings. The summed E-state index contributed by atoms with van der Waals surface area (Å²) in [5.41, 5.74) is 0.826. The SMILES string of the molecule is CC(C)Cn1c(CCl)nnc1-c1ccc(S(C)(=O)=O)cc1. The molecule has 0 bridgehead atoms. The molecule has 5 nitrogen and oxygen atoms in total. The van der Waals surface area contributed by atoms with Gasteiger partial charge in [-0.3, -0.25) is 0 Å². The van der Waals surface area contributed by atoms with Crippen LogP contribution in [-0.4, -0.2) is 29.4 Å². The van der Waals surface area contributed by atoms with E-state index in [4.69, 9.17) is 11.6 Å². The number of aromatic nitrogens is 3. The first-order valence-corrected chi connectivity index (χ1v) is 9.04. The molecule has 0 N–H and O–H groups in total. The van der Waals surface area contributed by atoms with Crippen molar-refractivity contribution in [2.45, 2.75) is 31.2 Å². The highest BCUT2D eigenvalue weighted by Gasteiger charge is 2.15. The van der Waals surface area contributed by atoms with Gasteiger partial charge in [-0.15, -0.1) is 21.8 Å². The zero-order chi connectivity index (χ0) is 15.6. The minimum absolute atomic E-state index is 0.291. The molecule has 0 saturated heterocycles. The van der Waals surface area contributed by atoms with Gasteiger partial charge < -0.3 is 4.57 Å². The second kappa shape index (κ2) is 6.15. The van der Waals surface area contributed by atoms with Crippen LogP contribution in [0.2, 0.25) is 0 Å². The molecule has 21 heavy (non-hydrogen) atoms. The van der Waals surface area contributed by atoms with Gasteiger partial charge in [0.25, 0.3) is 0 Å². The molecule has 114 valence electrons. The maximum atomic E-state index is 11.5. The lowest BCUT2D eigenvalue weighted by atomic mass is 10.2. The maximum absolute atomic E-state index is 11.5. The molecule has 0 aliphatic carbocycles. The second-order valence-electron chi connectivity index (χ2n) is 5.37. The smallest absolute Gasteiger partial charge is 0.175 e. The van der Waals surface area contributed by atoms with Crippen molar-refractivity contribution in [1.82, 2.24) is 14.8 Å². The lowest BCUT2D eigenvalue weighted by Crippen LogP contribution is -2.09. The summed E-state index contributed by atoms with van der Waals surface area (Å²) < 4.78 is 25.0. The summed E-state index contributed by atoms with van der Waals surface area (Å²) in [6, 6.07) is 6.66. The number of benzene rings is 1. The van der Waals surface area contributed by atoms with Crippen LogP contribution in [-0.2, 0) is 22.3 Å². The van der Waals surface area contributed by atoms with Gasteiger partial charge in [0, 0.05) is 18.4 Å². The zero-order valence-corrected chi connectivity index (χ0v) is 13.8. The minimum atomic E-state index is -3.19. The third-order valence-electron chi connectivity index (χ3n) is 3.04. The van der Waals surface area contributed by atoms with Gasteiger partial charge in [0.15, 0.2) is 15.7 Å². The van der Waals surface area contributed by atoms with E-state index in [0.29, 0.717) is 28.3 Å². The summed E-state index contributed by atoms with van der Waals surface area (Å²) in [5, 5.41) is 8.28. The van der Waals surface area contributed by atoms with Crippen molar-refractivity contribution in [2.24, 2.45) is 5.92 Å². The van der Waals surface area contributed by atoms with Gasteiger partial charge in [-0.05, 0) is 30.2 Å². The van der Waals surface area contributed by atoms with E-state index in [1.54, 1.807) is 24.3 Å². The van der Waals surface area contributed by atoms with Crippen LogP contribution >= 0.6 is 11.6 Å². The topological polar surface area (TPSA) is 64.8 Å². The zero-order valence-electron chi connectivity index (χ0n) is 12.2. The largest absolute Gasteiger partial charge is 0.310 e. The Labute approximate surface area is 129 Å². The van der Waals surface area contributed by atoms with Crippen molar-refractivity contribution < 1.29 is 8.42 Å². The van der Waals surface area contributed by atoms with Crippen LogP contribution < -0.4 is 0 Å². The molecule has 0 atom stereocenters. The number of alkyl halides is 1. The van der Waals surface area contributed by atoms with Gasteiger partial charge >= 0.3 is 0 Å². The molecule has 2 aromatic rings. The van der Waals surface area contributed by atoms with Gasteiger partial charge in [-0.25, -0.2) is 8.42 Å². The Morgan fingerprint density at radius 1 is 1.19 bits per heavy atom. The van der Waals surface area contributed by atoms with Gasteiger partial charge in [0.2, 0.25) is 0 Å². The highest BCUT2D eigenvalue weighted by atomic mass is 35.5. The summed E-state index contributed by atoms with van der Waals surface area (Å²) >= 11 is 5.90. The van der Waals surface area contributed by atoms with Crippen molar-refractivity contribution in [1.29, 1.82) is 0 Å². The lowest BCUT2D eigenvalue weighted by molar-refractivity contribution is 0.515. The van der Waals surface area contributed by atoms with Gasteiger partial charge in [-0.2, -0.15) is 0 Å². The van der Waals surface area contributed by atoms with E-state index in [2.05, 4.69) is 24.0 Å². The molecule has 0 saturated carbocycles. The van der Waals surface area contributed by atoms with E-state index in [0.717, 1.165) is 12.1 Å². The van der Waals surface area contributed by atoms with Crippen LogP contribution in [0.15, 0.2) is 29.2 Å². The number of hydrogen-bond acceptors (Lipinski definition) is 4. The van der Waals surface area contributed by atoms with Crippen LogP contribution in [0.5, 0.6) is 0 Å². The second-order valence-corrected chi connectivity index (χ2v) is 7.66. The average Bonchev–Trinajstić information content (AvgIpc) is 2.80. The molecule has 0 amide bonds. The average molecular weight is 328 g/mol. The van der Waals surface area contributed by atoms with E-state index in [9.17, 15) is 8.42 Å². The molecule has 0 unspecified atom stereocenters. The molecule has 1 aromatic carbocycles. The summed E-state index contributed by atoms with van der Waals surface area (Å²) in [7, 11) is -3.19. The Morgan fingerprint density at radius 2 is 1.81 bits per heavy atom. The Kier molecular flexibility index (Phi) is 4.68. The van der Waals surface area contributed by atoms with Crippen molar-refractivity contribution in [3.63, 3.8) is 0 Å². The highest BCUT2D eigenvalue weighted by molar-refractivity contribution is 7.90. The first-order valence-electron chi connectivity index (χ1n) is 6.61. The molecule has 0 fully saturated rings. The highest BCUT2D eigenvalue weighted by Crippen LogP contribution is 2.22. The number of hydrogen-bond donors (Lipinski definition) is 0. The van der Waals surface area contributed by atoms with Crippen LogP contribution in [0.3, 0.4) is 0 Å². The summed E-state index contributed by atoms with van der Waals surface area (Å²) in [6.07, 6.45) is 1.19. The van der Waals surface area contributed by atoms with Gasteiger partial charge in [0.05, 0.1) is 10.8 Å². The van der Waals surface area contributed by atoms with Crippen molar-refractivity contribution in [3.05, 3.63) is 30.1 Å². The first kappa shape index (κ1) is 16.0. The monoisotopic (exact) mass is 327 g/mol. The predicted octanol–water partition coefficient (Wildman–Crippen LogP) is 2.74. The molecule has 0 spiro atoms. The van der Waals surface area contributed by atoms with Crippen molar-refractivity contribution in [3.8, 4) is 11.4 Å². The first-order chi connectivity index (χ1) is 9.82. The van der Waals surface area contributed by atoms with E-state index in [1.807, 2.05) is 4.57 Å². The van der Waals surface area contributed by atoms with Gasteiger partial charge in [0.1, 0.15) is 5.82 Å². The Bertz CT molecular complexity index is 721. The molecule has 7 heteroatoms. The Balaban J connectivity index is 2.44. The fourth-order valence-electron chi connectivity index (χ4n) is 2.06. The lowest BCUT2D eigenvalue weighted by Gasteiger charge is -2.12. The van der Waals surface area contributed by atoms with E-state index >= 15 is 0 Å². The number of nitrogens with zero attached hydrogens (tertiary/aromatic N) is 3. The fraction of sp³-hybridized carbons (Fsp3) is 0.429. The summed E-state index contributed by atoms with van der Waals surface area (Å²) in [5.74, 6) is 2.14. The predicted molar refractivity (Wildman–Crippen MR) is 83.0 cm³/mol. The summed E-state index contributed by atoms with van der Waals surface area (Å²) in [6.45, 7) is 4.97. The number of sulfone groups is 1. The fourth-order valence-corrected chi connectivity index (χ4v) is 2.88. The molecule has 1 heterocycles. The van der Waals surface area contributed by atoms with E-state index in [1.165, 1.54) is 6.26 Å². The molecule has 0 radical (unpaired) electrons. The van der Waals surface area contributed by atoms with Crippen molar-refractivity contribution in [2.75, 3.05) is 6.26 Å². The van der Waals surface area contributed by atoms with Crippen LogP contribution in [0.1, 0.15) is 19.7 Å².